The second-order valence-corrected chi connectivity index (χ2v) is 6.07. The molecule has 2 unspecified atom stereocenters. The van der Waals surface area contributed by atoms with E-state index in [4.69, 9.17) is 5.73 Å². The molecular formula is C12H24N2OS. The van der Waals surface area contributed by atoms with Gasteiger partial charge in [-0.05, 0) is 18.6 Å². The number of thioether (sulfide) groups is 1. The predicted molar refractivity (Wildman–Crippen MR) is 70.6 cm³/mol. The second kappa shape index (κ2) is 7.17. The largest absolute Gasteiger partial charge is 0.341 e. The van der Waals surface area contributed by atoms with Crippen molar-refractivity contribution >= 4 is 17.7 Å². The molecule has 0 spiro atoms. The van der Waals surface area contributed by atoms with Crippen LogP contribution in [0.5, 0.6) is 0 Å². The van der Waals surface area contributed by atoms with E-state index in [9.17, 15) is 4.79 Å². The third-order valence-electron chi connectivity index (χ3n) is 3.12. The van der Waals surface area contributed by atoms with Crippen molar-refractivity contribution in [3.8, 4) is 0 Å². The average molecular weight is 244 g/mol. The van der Waals surface area contributed by atoms with E-state index in [1.165, 1.54) is 12.8 Å². The molecular weight excluding hydrogens is 220 g/mol. The summed E-state index contributed by atoms with van der Waals surface area (Å²) in [6.45, 7) is 6.41. The number of carbonyl (C=O) groups is 1. The zero-order valence-corrected chi connectivity index (χ0v) is 11.3. The third kappa shape index (κ3) is 3.98. The third-order valence-corrected chi connectivity index (χ3v) is 4.31. The van der Waals surface area contributed by atoms with Crippen LogP contribution in [-0.4, -0.2) is 41.4 Å². The number of carbonyl (C=O) groups excluding carboxylic acids is 1. The SMILES string of the molecule is CCSC1CCCCN(C(=O)C(C)CN)C1. The molecule has 0 saturated carbocycles. The molecule has 0 aliphatic carbocycles. The van der Waals surface area contributed by atoms with Gasteiger partial charge in [0.05, 0.1) is 0 Å². The summed E-state index contributed by atoms with van der Waals surface area (Å²) >= 11 is 1.98. The first-order chi connectivity index (χ1) is 7.69. The van der Waals surface area contributed by atoms with E-state index < -0.39 is 0 Å². The maximum Gasteiger partial charge on any atom is 0.226 e. The molecule has 0 radical (unpaired) electrons. The van der Waals surface area contributed by atoms with Crippen molar-refractivity contribution in [2.75, 3.05) is 25.4 Å². The number of amides is 1. The van der Waals surface area contributed by atoms with Crippen LogP contribution in [0.2, 0.25) is 0 Å². The molecule has 2 atom stereocenters. The first-order valence-electron chi connectivity index (χ1n) is 6.29. The Labute approximate surface area is 103 Å². The van der Waals surface area contributed by atoms with Gasteiger partial charge >= 0.3 is 0 Å². The van der Waals surface area contributed by atoms with Gasteiger partial charge in [-0.2, -0.15) is 11.8 Å². The lowest BCUT2D eigenvalue weighted by Gasteiger charge is -2.26. The lowest BCUT2D eigenvalue weighted by molar-refractivity contribution is -0.134. The van der Waals surface area contributed by atoms with Gasteiger partial charge in [0.2, 0.25) is 5.91 Å². The number of rotatable bonds is 4. The van der Waals surface area contributed by atoms with E-state index in [1.807, 2.05) is 23.6 Å². The highest BCUT2D eigenvalue weighted by molar-refractivity contribution is 7.99. The molecule has 1 aliphatic rings. The smallest absolute Gasteiger partial charge is 0.226 e. The van der Waals surface area contributed by atoms with E-state index in [-0.39, 0.29) is 11.8 Å². The van der Waals surface area contributed by atoms with Crippen molar-refractivity contribution in [3.05, 3.63) is 0 Å². The quantitative estimate of drug-likeness (QED) is 0.819. The summed E-state index contributed by atoms with van der Waals surface area (Å²) in [4.78, 5) is 14.1. The number of nitrogens with zero attached hydrogens (tertiary/aromatic N) is 1. The first kappa shape index (κ1) is 13.8. The van der Waals surface area contributed by atoms with Gasteiger partial charge in [-0.15, -0.1) is 0 Å². The second-order valence-electron chi connectivity index (χ2n) is 4.49. The molecule has 1 aliphatic heterocycles. The van der Waals surface area contributed by atoms with Gasteiger partial charge in [-0.1, -0.05) is 20.3 Å². The topological polar surface area (TPSA) is 46.3 Å². The summed E-state index contributed by atoms with van der Waals surface area (Å²) in [7, 11) is 0. The highest BCUT2D eigenvalue weighted by Crippen LogP contribution is 2.22. The van der Waals surface area contributed by atoms with Crippen molar-refractivity contribution in [2.45, 2.75) is 38.4 Å². The fraction of sp³-hybridized carbons (Fsp3) is 0.917. The lowest BCUT2D eigenvalue weighted by Crippen LogP contribution is -2.40. The van der Waals surface area contributed by atoms with Crippen molar-refractivity contribution in [3.63, 3.8) is 0 Å². The van der Waals surface area contributed by atoms with Gasteiger partial charge < -0.3 is 10.6 Å². The highest BCUT2D eigenvalue weighted by Gasteiger charge is 2.24. The molecule has 1 fully saturated rings. The molecule has 1 saturated heterocycles. The van der Waals surface area contributed by atoms with Crippen LogP contribution >= 0.6 is 11.8 Å². The van der Waals surface area contributed by atoms with Crippen LogP contribution in [-0.2, 0) is 4.79 Å². The molecule has 1 rings (SSSR count). The van der Waals surface area contributed by atoms with E-state index in [0.29, 0.717) is 11.8 Å². The summed E-state index contributed by atoms with van der Waals surface area (Å²) in [6.07, 6.45) is 3.64. The Morgan fingerprint density at radius 3 is 2.94 bits per heavy atom. The van der Waals surface area contributed by atoms with Gasteiger partial charge in [-0.3, -0.25) is 4.79 Å². The zero-order chi connectivity index (χ0) is 12.0. The van der Waals surface area contributed by atoms with Crippen LogP contribution in [0.3, 0.4) is 0 Å². The molecule has 0 aromatic rings. The maximum absolute atomic E-state index is 12.1. The Morgan fingerprint density at radius 1 is 1.56 bits per heavy atom. The van der Waals surface area contributed by atoms with E-state index in [1.54, 1.807) is 0 Å². The molecule has 16 heavy (non-hydrogen) atoms. The molecule has 0 aromatic heterocycles. The average Bonchev–Trinajstić information content (AvgIpc) is 2.53. The van der Waals surface area contributed by atoms with Crippen molar-refractivity contribution in [1.82, 2.24) is 4.90 Å². The fourth-order valence-electron chi connectivity index (χ4n) is 2.09. The van der Waals surface area contributed by atoms with Gasteiger partial charge in [-0.25, -0.2) is 0 Å². The molecule has 4 heteroatoms. The summed E-state index contributed by atoms with van der Waals surface area (Å²) in [5.41, 5.74) is 5.56. The minimum atomic E-state index is -0.0228. The van der Waals surface area contributed by atoms with Gasteiger partial charge in [0, 0.05) is 30.8 Å². The van der Waals surface area contributed by atoms with Gasteiger partial charge in [0.15, 0.2) is 0 Å². The molecule has 3 nitrogen and oxygen atoms in total. The van der Waals surface area contributed by atoms with E-state index in [0.717, 1.165) is 25.3 Å². The number of nitrogens with two attached hydrogens (primary N) is 1. The van der Waals surface area contributed by atoms with Gasteiger partial charge in [0.25, 0.3) is 0 Å². The van der Waals surface area contributed by atoms with E-state index >= 15 is 0 Å². The van der Waals surface area contributed by atoms with Gasteiger partial charge in [0.1, 0.15) is 0 Å². The van der Waals surface area contributed by atoms with Crippen molar-refractivity contribution in [2.24, 2.45) is 11.7 Å². The normalized spacial score (nSPS) is 23.9. The lowest BCUT2D eigenvalue weighted by atomic mass is 10.1. The number of likely N-dealkylation sites (tertiary alicyclic amines) is 1. The molecule has 94 valence electrons. The van der Waals surface area contributed by atoms with Crippen molar-refractivity contribution in [1.29, 1.82) is 0 Å². The molecule has 1 amide bonds. The van der Waals surface area contributed by atoms with E-state index in [2.05, 4.69) is 6.92 Å². The van der Waals surface area contributed by atoms with Crippen LogP contribution in [0.15, 0.2) is 0 Å². The Balaban J connectivity index is 2.53. The van der Waals surface area contributed by atoms with Crippen LogP contribution in [0.25, 0.3) is 0 Å². The minimum absolute atomic E-state index is 0.0228. The Morgan fingerprint density at radius 2 is 2.31 bits per heavy atom. The zero-order valence-electron chi connectivity index (χ0n) is 10.4. The van der Waals surface area contributed by atoms with Crippen LogP contribution in [0.1, 0.15) is 33.1 Å². The number of hydrogen-bond acceptors (Lipinski definition) is 3. The maximum atomic E-state index is 12.1. The summed E-state index contributed by atoms with van der Waals surface area (Å²) in [5.74, 6) is 1.36. The summed E-state index contributed by atoms with van der Waals surface area (Å²) in [6, 6.07) is 0. The first-order valence-corrected chi connectivity index (χ1v) is 7.34. The molecule has 1 heterocycles. The monoisotopic (exact) mass is 244 g/mol. The minimum Gasteiger partial charge on any atom is -0.341 e. The Kier molecular flexibility index (Phi) is 6.21. The van der Waals surface area contributed by atoms with Crippen LogP contribution in [0.4, 0.5) is 0 Å². The summed E-state index contributed by atoms with van der Waals surface area (Å²) < 4.78 is 0. The predicted octanol–water partition coefficient (Wildman–Crippen LogP) is 1.72. The highest BCUT2D eigenvalue weighted by atomic mass is 32.2. The Bertz CT molecular complexity index is 223. The molecule has 2 N–H and O–H groups in total. The fourth-order valence-corrected chi connectivity index (χ4v) is 3.18. The van der Waals surface area contributed by atoms with Crippen molar-refractivity contribution < 1.29 is 4.79 Å². The molecule has 0 aromatic carbocycles. The van der Waals surface area contributed by atoms with Crippen LogP contribution < -0.4 is 5.73 Å². The standard InChI is InChI=1S/C12H24N2OS/c1-3-16-11-6-4-5-7-14(9-11)12(15)10(2)8-13/h10-11H,3-9,13H2,1-2H3. The van der Waals surface area contributed by atoms with Crippen LogP contribution in [0, 0.1) is 5.92 Å². The Hall–Kier alpha value is -0.220. The number of hydrogen-bond donors (Lipinski definition) is 1. The summed E-state index contributed by atoms with van der Waals surface area (Å²) in [5, 5.41) is 0.626. The molecule has 0 bridgehead atoms.